The molecule has 0 radical (unpaired) electrons. The molecule has 3 aromatic rings. The van der Waals surface area contributed by atoms with Crippen molar-refractivity contribution in [2.75, 3.05) is 14.2 Å². The Labute approximate surface area is 131 Å². The van der Waals surface area contributed by atoms with Gasteiger partial charge < -0.3 is 18.3 Å². The Kier molecular flexibility index (Phi) is 3.89. The van der Waals surface area contributed by atoms with Crippen molar-refractivity contribution in [1.82, 2.24) is 0 Å². The van der Waals surface area contributed by atoms with Gasteiger partial charge in [-0.3, -0.25) is 9.79 Å². The van der Waals surface area contributed by atoms with E-state index < -0.39 is 0 Å². The molecule has 2 heterocycles. The molecule has 0 saturated carbocycles. The molecule has 118 valence electrons. The van der Waals surface area contributed by atoms with E-state index in [0.717, 1.165) is 0 Å². The van der Waals surface area contributed by atoms with Crippen LogP contribution in [0.5, 0.6) is 11.5 Å². The minimum atomic E-state index is -0.252. The lowest BCUT2D eigenvalue weighted by Gasteiger charge is -2.10. The van der Waals surface area contributed by atoms with E-state index in [1.165, 1.54) is 33.0 Å². The molecule has 0 saturated heterocycles. The Bertz CT molecular complexity index is 978. The molecule has 2 aromatic heterocycles. The number of allylic oxidation sites excluding steroid dienone is 1. The van der Waals surface area contributed by atoms with Gasteiger partial charge in [0.15, 0.2) is 11.2 Å². The molecule has 0 atom stereocenters. The molecular weight excluding hydrogens is 298 g/mol. The summed E-state index contributed by atoms with van der Waals surface area (Å²) >= 11 is 0. The minimum Gasteiger partial charge on any atom is -0.495 e. The second-order valence-corrected chi connectivity index (χ2v) is 4.71. The zero-order chi connectivity index (χ0) is 16.4. The summed E-state index contributed by atoms with van der Waals surface area (Å²) in [5, 5.41) is 0.939. The molecular formula is C17H15NO5. The quantitative estimate of drug-likeness (QED) is 0.689. The summed E-state index contributed by atoms with van der Waals surface area (Å²) in [6.07, 6.45) is 7.64. The highest BCUT2D eigenvalue weighted by Crippen LogP contribution is 2.41. The predicted octanol–water partition coefficient (Wildman–Crippen LogP) is 3.51. The highest BCUT2D eigenvalue weighted by molar-refractivity contribution is 6.07. The van der Waals surface area contributed by atoms with Gasteiger partial charge in [0.05, 0.1) is 31.4 Å². The van der Waals surface area contributed by atoms with E-state index in [1.807, 2.05) is 6.92 Å². The fraction of sp³-hybridized carbons (Fsp3) is 0.176. The van der Waals surface area contributed by atoms with Crippen LogP contribution in [0.2, 0.25) is 0 Å². The standard InChI is InChI=1S/C17H15NO5/c1-4-6-18-8-10-9-23-16-12(13(10)19)14(20-2)11-5-7-22-15(11)17(16)21-3/h4-9H,1-3H3/b6-4+,18-8?. The first kappa shape index (κ1) is 14.9. The van der Waals surface area contributed by atoms with Gasteiger partial charge in [0, 0.05) is 12.4 Å². The molecule has 0 fully saturated rings. The van der Waals surface area contributed by atoms with E-state index in [0.29, 0.717) is 33.4 Å². The number of hydrogen-bond donors (Lipinski definition) is 0. The van der Waals surface area contributed by atoms with Crippen molar-refractivity contribution in [3.8, 4) is 11.5 Å². The Morgan fingerprint density at radius 1 is 1.13 bits per heavy atom. The van der Waals surface area contributed by atoms with Crippen LogP contribution in [-0.4, -0.2) is 20.4 Å². The number of ether oxygens (including phenoxy) is 2. The van der Waals surface area contributed by atoms with E-state index >= 15 is 0 Å². The van der Waals surface area contributed by atoms with Crippen LogP contribution < -0.4 is 14.9 Å². The van der Waals surface area contributed by atoms with Crippen LogP contribution in [0.1, 0.15) is 12.5 Å². The largest absolute Gasteiger partial charge is 0.495 e. The van der Waals surface area contributed by atoms with Crippen LogP contribution in [0.4, 0.5) is 0 Å². The first-order chi connectivity index (χ1) is 11.2. The molecule has 0 unspecified atom stereocenters. The van der Waals surface area contributed by atoms with E-state index in [9.17, 15) is 4.79 Å². The third-order valence-electron chi connectivity index (χ3n) is 3.43. The molecule has 6 nitrogen and oxygen atoms in total. The fourth-order valence-corrected chi connectivity index (χ4v) is 2.45. The molecule has 1 aromatic carbocycles. The van der Waals surface area contributed by atoms with E-state index in [1.54, 1.807) is 18.3 Å². The summed E-state index contributed by atoms with van der Waals surface area (Å²) < 4.78 is 21.8. The first-order valence-electron chi connectivity index (χ1n) is 6.93. The maximum absolute atomic E-state index is 12.8. The molecule has 0 spiro atoms. The number of nitrogens with zero attached hydrogens (tertiary/aromatic N) is 1. The molecule has 0 aliphatic carbocycles. The van der Waals surface area contributed by atoms with Crippen LogP contribution >= 0.6 is 0 Å². The maximum atomic E-state index is 12.8. The third-order valence-corrected chi connectivity index (χ3v) is 3.43. The number of fused-ring (bicyclic) bond motifs is 2. The second-order valence-electron chi connectivity index (χ2n) is 4.71. The topological polar surface area (TPSA) is 74.2 Å². The van der Waals surface area contributed by atoms with Crippen molar-refractivity contribution < 1.29 is 18.3 Å². The van der Waals surface area contributed by atoms with Gasteiger partial charge in [-0.2, -0.15) is 0 Å². The lowest BCUT2D eigenvalue weighted by atomic mass is 10.1. The molecule has 0 aliphatic heterocycles. The van der Waals surface area contributed by atoms with E-state index in [4.69, 9.17) is 18.3 Å². The van der Waals surface area contributed by atoms with Crippen molar-refractivity contribution in [2.24, 2.45) is 4.99 Å². The minimum absolute atomic E-state index is 0.252. The van der Waals surface area contributed by atoms with Gasteiger partial charge in [-0.15, -0.1) is 0 Å². The van der Waals surface area contributed by atoms with Gasteiger partial charge in [-0.1, -0.05) is 6.08 Å². The molecule has 23 heavy (non-hydrogen) atoms. The number of aliphatic imine (C=N–C) groups is 1. The van der Waals surface area contributed by atoms with Crippen LogP contribution in [0, 0.1) is 0 Å². The highest BCUT2D eigenvalue weighted by atomic mass is 16.5. The lowest BCUT2D eigenvalue weighted by Crippen LogP contribution is -2.10. The molecule has 0 bridgehead atoms. The molecule has 3 rings (SSSR count). The van der Waals surface area contributed by atoms with Crippen LogP contribution in [-0.2, 0) is 0 Å². The summed E-state index contributed by atoms with van der Waals surface area (Å²) in [6, 6.07) is 1.72. The zero-order valence-corrected chi connectivity index (χ0v) is 13.0. The maximum Gasteiger partial charge on any atom is 0.206 e. The molecule has 0 aliphatic rings. The summed E-state index contributed by atoms with van der Waals surface area (Å²) in [5.41, 5.74) is 0.812. The monoisotopic (exact) mass is 313 g/mol. The number of benzene rings is 1. The van der Waals surface area contributed by atoms with Crippen LogP contribution in [0.15, 0.2) is 49.5 Å². The highest BCUT2D eigenvalue weighted by Gasteiger charge is 2.22. The van der Waals surface area contributed by atoms with Gasteiger partial charge in [0.2, 0.25) is 11.2 Å². The van der Waals surface area contributed by atoms with Crippen molar-refractivity contribution >= 4 is 28.2 Å². The zero-order valence-electron chi connectivity index (χ0n) is 13.0. The van der Waals surface area contributed by atoms with Crippen LogP contribution in [0.3, 0.4) is 0 Å². The van der Waals surface area contributed by atoms with Gasteiger partial charge in [0.25, 0.3) is 0 Å². The Morgan fingerprint density at radius 3 is 2.61 bits per heavy atom. The van der Waals surface area contributed by atoms with Crippen molar-refractivity contribution in [3.63, 3.8) is 0 Å². The second kappa shape index (κ2) is 6.00. The smallest absolute Gasteiger partial charge is 0.206 e. The summed E-state index contributed by atoms with van der Waals surface area (Å²) in [6.45, 7) is 1.84. The fourth-order valence-electron chi connectivity index (χ4n) is 2.45. The number of rotatable bonds is 4. The van der Waals surface area contributed by atoms with Gasteiger partial charge in [-0.05, 0) is 13.0 Å². The van der Waals surface area contributed by atoms with Gasteiger partial charge in [0.1, 0.15) is 17.4 Å². The Hall–Kier alpha value is -3.02. The van der Waals surface area contributed by atoms with Crippen LogP contribution in [0.25, 0.3) is 21.9 Å². The molecule has 0 amide bonds. The van der Waals surface area contributed by atoms with Gasteiger partial charge in [-0.25, -0.2) is 0 Å². The summed E-state index contributed by atoms with van der Waals surface area (Å²) in [5.74, 6) is 0.745. The number of furan rings is 1. The number of methoxy groups -OCH3 is 2. The summed E-state index contributed by atoms with van der Waals surface area (Å²) in [7, 11) is 2.98. The van der Waals surface area contributed by atoms with Crippen molar-refractivity contribution in [3.05, 3.63) is 46.7 Å². The first-order valence-corrected chi connectivity index (χ1v) is 6.93. The van der Waals surface area contributed by atoms with Crippen molar-refractivity contribution in [2.45, 2.75) is 6.92 Å². The Morgan fingerprint density at radius 2 is 1.91 bits per heavy atom. The lowest BCUT2D eigenvalue weighted by molar-refractivity contribution is 0.400. The average molecular weight is 313 g/mol. The van der Waals surface area contributed by atoms with Crippen molar-refractivity contribution in [1.29, 1.82) is 0 Å². The summed E-state index contributed by atoms with van der Waals surface area (Å²) in [4.78, 5) is 16.8. The third kappa shape index (κ3) is 2.28. The molecule has 0 N–H and O–H groups in total. The SMILES string of the molecule is C/C=C/N=Cc1coc2c(OC)c3occc3c(OC)c2c1=O. The normalized spacial score (nSPS) is 12.0. The van der Waals surface area contributed by atoms with E-state index in [2.05, 4.69) is 4.99 Å². The van der Waals surface area contributed by atoms with E-state index in [-0.39, 0.29) is 11.0 Å². The molecule has 6 heteroatoms. The number of hydrogen-bond acceptors (Lipinski definition) is 6. The predicted molar refractivity (Wildman–Crippen MR) is 87.8 cm³/mol. The van der Waals surface area contributed by atoms with Gasteiger partial charge >= 0.3 is 0 Å². The average Bonchev–Trinajstić information content (AvgIpc) is 3.04. The Balaban J connectivity index is 2.44.